The average molecular weight is 289 g/mol. The van der Waals surface area contributed by atoms with Crippen molar-refractivity contribution in [3.05, 3.63) is 29.8 Å². The molecule has 1 saturated heterocycles. The number of Topliss-reactive ketones (excluding diaryl/α,β-unsaturated/α-hetero) is 1. The van der Waals surface area contributed by atoms with Crippen molar-refractivity contribution < 1.29 is 19.4 Å². The lowest BCUT2D eigenvalue weighted by molar-refractivity contribution is -0.120. The van der Waals surface area contributed by atoms with E-state index in [0.29, 0.717) is 24.5 Å². The number of carbonyl (C=O) groups excluding carboxylic acids is 2. The zero-order valence-electron chi connectivity index (χ0n) is 12.0. The highest BCUT2D eigenvalue weighted by molar-refractivity contribution is 5.90. The smallest absolute Gasteiger partial charge is 0.417 e. The molecule has 5 nitrogen and oxygen atoms in total. The maximum Gasteiger partial charge on any atom is 0.417 e. The van der Waals surface area contributed by atoms with Crippen LogP contribution in [0.15, 0.2) is 24.3 Å². The fourth-order valence-electron chi connectivity index (χ4n) is 3.07. The number of aliphatic hydroxyl groups is 1. The quantitative estimate of drug-likeness (QED) is 0.908. The first-order valence-corrected chi connectivity index (χ1v) is 7.36. The van der Waals surface area contributed by atoms with Crippen LogP contribution in [0.4, 0.5) is 10.5 Å². The lowest BCUT2D eigenvalue weighted by Crippen LogP contribution is -2.33. The molecule has 2 aliphatic rings. The highest BCUT2D eigenvalue weighted by Crippen LogP contribution is 2.33. The monoisotopic (exact) mass is 289 g/mol. The van der Waals surface area contributed by atoms with Gasteiger partial charge in [0.1, 0.15) is 5.78 Å². The highest BCUT2D eigenvalue weighted by atomic mass is 16.7. The van der Waals surface area contributed by atoms with Gasteiger partial charge in [0.05, 0.1) is 6.04 Å². The summed E-state index contributed by atoms with van der Waals surface area (Å²) in [4.78, 5) is 24.5. The van der Waals surface area contributed by atoms with Crippen LogP contribution in [0.1, 0.15) is 44.1 Å². The minimum Gasteiger partial charge on any atom is -0.417 e. The van der Waals surface area contributed by atoms with Crippen molar-refractivity contribution in [1.29, 1.82) is 0 Å². The van der Waals surface area contributed by atoms with Crippen LogP contribution in [0.3, 0.4) is 0 Å². The highest BCUT2D eigenvalue weighted by Gasteiger charge is 2.38. The molecule has 21 heavy (non-hydrogen) atoms. The molecule has 1 saturated carbocycles. The van der Waals surface area contributed by atoms with E-state index in [1.54, 1.807) is 6.92 Å². The number of nitrogens with zero attached hydrogens (tertiary/aromatic N) is 1. The number of anilines is 1. The van der Waals surface area contributed by atoms with Crippen LogP contribution in [0.5, 0.6) is 0 Å². The van der Waals surface area contributed by atoms with Gasteiger partial charge in [-0.05, 0) is 43.4 Å². The van der Waals surface area contributed by atoms with Crippen LogP contribution in [0.25, 0.3) is 0 Å². The molecule has 0 spiro atoms. The van der Waals surface area contributed by atoms with E-state index >= 15 is 0 Å². The lowest BCUT2D eigenvalue weighted by Gasteiger charge is -2.23. The summed E-state index contributed by atoms with van der Waals surface area (Å²) in [5.74, 6) is 0.774. The molecule has 1 aromatic rings. The summed E-state index contributed by atoms with van der Waals surface area (Å²) in [6, 6.07) is 7.36. The number of cyclic esters (lactones) is 1. The van der Waals surface area contributed by atoms with E-state index < -0.39 is 18.4 Å². The third kappa shape index (κ3) is 2.65. The number of amides is 1. The number of benzene rings is 1. The number of ether oxygens (including phenoxy) is 1. The number of aliphatic hydroxyl groups excluding tert-OH is 1. The van der Waals surface area contributed by atoms with Gasteiger partial charge in [0, 0.05) is 18.5 Å². The minimum absolute atomic E-state index is 0.352. The molecule has 3 rings (SSSR count). The Labute approximate surface area is 123 Å². The third-order valence-electron chi connectivity index (χ3n) is 4.42. The van der Waals surface area contributed by atoms with Gasteiger partial charge in [0.2, 0.25) is 6.29 Å². The number of ketones is 1. The summed E-state index contributed by atoms with van der Waals surface area (Å²) in [6.07, 6.45) is 1.52. The summed E-state index contributed by atoms with van der Waals surface area (Å²) >= 11 is 0. The van der Waals surface area contributed by atoms with Crippen molar-refractivity contribution in [1.82, 2.24) is 0 Å². The van der Waals surface area contributed by atoms with E-state index in [-0.39, 0.29) is 0 Å². The summed E-state index contributed by atoms with van der Waals surface area (Å²) < 4.78 is 4.80. The fraction of sp³-hybridized carbons (Fsp3) is 0.500. The van der Waals surface area contributed by atoms with E-state index in [2.05, 4.69) is 0 Å². The maximum absolute atomic E-state index is 11.7. The van der Waals surface area contributed by atoms with E-state index in [4.69, 9.17) is 4.74 Å². The zero-order valence-corrected chi connectivity index (χ0v) is 12.0. The molecule has 2 atom stereocenters. The Kier molecular flexibility index (Phi) is 3.68. The van der Waals surface area contributed by atoms with E-state index in [1.807, 2.05) is 24.3 Å². The number of hydrogen-bond acceptors (Lipinski definition) is 4. The fourth-order valence-corrected chi connectivity index (χ4v) is 3.07. The van der Waals surface area contributed by atoms with Crippen molar-refractivity contribution in [3.8, 4) is 0 Å². The van der Waals surface area contributed by atoms with Gasteiger partial charge in [-0.3, -0.25) is 9.69 Å². The van der Waals surface area contributed by atoms with Gasteiger partial charge in [-0.2, -0.15) is 0 Å². The van der Waals surface area contributed by atoms with Crippen LogP contribution < -0.4 is 4.90 Å². The van der Waals surface area contributed by atoms with Crippen LogP contribution >= 0.6 is 0 Å². The van der Waals surface area contributed by atoms with Gasteiger partial charge < -0.3 is 9.84 Å². The van der Waals surface area contributed by atoms with Crippen LogP contribution in [0, 0.1) is 0 Å². The Bertz CT molecular complexity index is 544. The Hall–Kier alpha value is -1.88. The summed E-state index contributed by atoms with van der Waals surface area (Å²) in [6.45, 7) is 1.75. The zero-order chi connectivity index (χ0) is 15.0. The van der Waals surface area contributed by atoms with Crippen LogP contribution in [-0.2, 0) is 9.53 Å². The van der Waals surface area contributed by atoms with Gasteiger partial charge in [-0.1, -0.05) is 12.1 Å². The molecule has 1 amide bonds. The molecule has 2 fully saturated rings. The Morgan fingerprint density at radius 3 is 2.29 bits per heavy atom. The molecule has 1 aromatic carbocycles. The molecule has 5 heteroatoms. The third-order valence-corrected chi connectivity index (χ3v) is 4.42. The van der Waals surface area contributed by atoms with Crippen molar-refractivity contribution in [2.45, 2.75) is 50.9 Å². The average Bonchev–Trinajstić information content (AvgIpc) is 2.73. The van der Waals surface area contributed by atoms with E-state index in [1.165, 1.54) is 10.5 Å². The van der Waals surface area contributed by atoms with E-state index in [9.17, 15) is 14.7 Å². The molecule has 1 heterocycles. The lowest BCUT2D eigenvalue weighted by atomic mass is 9.83. The van der Waals surface area contributed by atoms with E-state index in [0.717, 1.165) is 18.5 Å². The first-order valence-electron chi connectivity index (χ1n) is 7.36. The van der Waals surface area contributed by atoms with Gasteiger partial charge >= 0.3 is 6.09 Å². The molecule has 1 aliphatic heterocycles. The van der Waals surface area contributed by atoms with Crippen molar-refractivity contribution in [2.75, 3.05) is 4.90 Å². The second-order valence-corrected chi connectivity index (χ2v) is 5.79. The first kappa shape index (κ1) is 14.1. The molecular formula is C16H19NO4. The maximum atomic E-state index is 11.7. The van der Waals surface area contributed by atoms with Gasteiger partial charge in [0.15, 0.2) is 0 Å². The second kappa shape index (κ2) is 5.48. The summed E-state index contributed by atoms with van der Waals surface area (Å²) in [5.41, 5.74) is 1.92. The topological polar surface area (TPSA) is 66.8 Å². The number of hydrogen-bond donors (Lipinski definition) is 1. The minimum atomic E-state index is -1.08. The molecular weight excluding hydrogens is 270 g/mol. The van der Waals surface area contributed by atoms with Crippen LogP contribution in [0.2, 0.25) is 0 Å². The number of rotatable bonds is 2. The molecule has 112 valence electrons. The predicted octanol–water partition coefficient (Wildman–Crippen LogP) is 2.58. The van der Waals surface area contributed by atoms with Gasteiger partial charge in [-0.25, -0.2) is 4.79 Å². The first-order chi connectivity index (χ1) is 10.1. The standard InChI is InChI=1S/C16H19NO4/c1-10-15(19)21-16(20)17(10)13-6-2-11(3-7-13)12-4-8-14(18)9-5-12/h2-3,6-7,10,12,15,19H,4-5,8-9H2,1H3. The summed E-state index contributed by atoms with van der Waals surface area (Å²) in [5, 5.41) is 9.57. The summed E-state index contributed by atoms with van der Waals surface area (Å²) in [7, 11) is 0. The second-order valence-electron chi connectivity index (χ2n) is 5.79. The Balaban J connectivity index is 1.75. The Morgan fingerprint density at radius 1 is 1.14 bits per heavy atom. The number of carbonyl (C=O) groups is 2. The molecule has 1 N–H and O–H groups in total. The molecule has 0 aromatic heterocycles. The molecule has 1 aliphatic carbocycles. The largest absolute Gasteiger partial charge is 0.417 e. The predicted molar refractivity (Wildman–Crippen MR) is 77.1 cm³/mol. The SMILES string of the molecule is CC1C(O)OC(=O)N1c1ccc(C2CCC(=O)CC2)cc1. The normalized spacial score (nSPS) is 27.0. The van der Waals surface area contributed by atoms with Gasteiger partial charge in [-0.15, -0.1) is 0 Å². The van der Waals surface area contributed by atoms with Crippen molar-refractivity contribution in [3.63, 3.8) is 0 Å². The van der Waals surface area contributed by atoms with Crippen molar-refractivity contribution in [2.24, 2.45) is 0 Å². The molecule has 0 bridgehead atoms. The van der Waals surface area contributed by atoms with Gasteiger partial charge in [0.25, 0.3) is 0 Å². The Morgan fingerprint density at radius 2 is 1.76 bits per heavy atom. The van der Waals surface area contributed by atoms with Crippen LogP contribution in [-0.4, -0.2) is 29.3 Å². The molecule has 2 unspecified atom stereocenters. The molecule has 0 radical (unpaired) electrons. The van der Waals surface area contributed by atoms with Crippen molar-refractivity contribution >= 4 is 17.6 Å².